The number of rotatable bonds is 4. The molecule has 0 aromatic rings. The highest BCUT2D eigenvalue weighted by atomic mass is 16.2. The lowest BCUT2D eigenvalue weighted by Gasteiger charge is -2.31. The van der Waals surface area contributed by atoms with Gasteiger partial charge in [-0.1, -0.05) is 19.3 Å². The van der Waals surface area contributed by atoms with Crippen molar-refractivity contribution in [1.29, 1.82) is 0 Å². The fourth-order valence-electron chi connectivity index (χ4n) is 5.92. The Hall–Kier alpha value is -1.06. The van der Waals surface area contributed by atoms with Gasteiger partial charge in [0.25, 0.3) is 0 Å². The van der Waals surface area contributed by atoms with Crippen LogP contribution >= 0.6 is 0 Å². The third-order valence-electron chi connectivity index (χ3n) is 7.43. The average Bonchev–Trinajstić information content (AvgIpc) is 3.31. The van der Waals surface area contributed by atoms with Crippen LogP contribution in [0.4, 0.5) is 0 Å². The second-order valence-electron chi connectivity index (χ2n) is 9.16. The van der Waals surface area contributed by atoms with Gasteiger partial charge in [0.05, 0.1) is 0 Å². The monoisotopic (exact) mass is 346 g/mol. The third kappa shape index (κ3) is 4.03. The van der Waals surface area contributed by atoms with Gasteiger partial charge in [-0.3, -0.25) is 9.59 Å². The van der Waals surface area contributed by atoms with Crippen LogP contribution in [0.2, 0.25) is 0 Å². The van der Waals surface area contributed by atoms with Gasteiger partial charge in [-0.25, -0.2) is 0 Å². The summed E-state index contributed by atoms with van der Waals surface area (Å²) in [4.78, 5) is 27.2. The van der Waals surface area contributed by atoms with E-state index in [4.69, 9.17) is 0 Å². The zero-order valence-electron chi connectivity index (χ0n) is 15.5. The van der Waals surface area contributed by atoms with Gasteiger partial charge in [-0.15, -0.1) is 0 Å². The van der Waals surface area contributed by atoms with Crippen molar-refractivity contribution in [3.05, 3.63) is 0 Å². The van der Waals surface area contributed by atoms with E-state index in [1.165, 1.54) is 44.9 Å². The maximum atomic E-state index is 12.8. The Morgan fingerprint density at radius 2 is 1.44 bits per heavy atom. The fraction of sp³-hybridized carbons (Fsp3) is 0.905. The van der Waals surface area contributed by atoms with Crippen molar-refractivity contribution in [1.82, 2.24) is 10.2 Å². The molecule has 2 atom stereocenters. The number of hydrogen-bond donors (Lipinski definition) is 1. The molecule has 4 nitrogen and oxygen atoms in total. The maximum Gasteiger partial charge on any atom is 0.225 e. The molecule has 4 heteroatoms. The van der Waals surface area contributed by atoms with Crippen molar-refractivity contribution in [2.24, 2.45) is 23.7 Å². The minimum absolute atomic E-state index is 0.210. The molecule has 1 N–H and O–H groups in total. The summed E-state index contributed by atoms with van der Waals surface area (Å²) in [6.45, 7) is 2.03. The lowest BCUT2D eigenvalue weighted by atomic mass is 9.85. The molecule has 4 fully saturated rings. The van der Waals surface area contributed by atoms with Gasteiger partial charge in [0, 0.05) is 31.5 Å². The first-order chi connectivity index (χ1) is 12.2. The van der Waals surface area contributed by atoms with E-state index in [0.29, 0.717) is 17.9 Å². The molecule has 0 radical (unpaired) electrons. The highest BCUT2D eigenvalue weighted by Gasteiger charge is 2.40. The largest absolute Gasteiger partial charge is 0.353 e. The van der Waals surface area contributed by atoms with Crippen LogP contribution in [0.15, 0.2) is 0 Å². The van der Waals surface area contributed by atoms with Crippen molar-refractivity contribution in [2.75, 3.05) is 13.1 Å². The summed E-state index contributed by atoms with van der Waals surface area (Å²) in [5.41, 5.74) is 0. The summed E-state index contributed by atoms with van der Waals surface area (Å²) in [7, 11) is 0. The predicted octanol–water partition coefficient (Wildman–Crippen LogP) is 3.50. The summed E-state index contributed by atoms with van der Waals surface area (Å²) >= 11 is 0. The molecule has 0 spiro atoms. The van der Waals surface area contributed by atoms with Crippen LogP contribution in [0.1, 0.15) is 77.0 Å². The molecule has 140 valence electrons. The first kappa shape index (κ1) is 17.4. The molecular weight excluding hydrogens is 312 g/mol. The number of carbonyl (C=O) groups excluding carboxylic acids is 2. The van der Waals surface area contributed by atoms with Gasteiger partial charge in [-0.05, 0) is 69.1 Å². The number of hydrogen-bond acceptors (Lipinski definition) is 2. The lowest BCUT2D eigenvalue weighted by molar-refractivity contribution is -0.136. The minimum atomic E-state index is 0.210. The van der Waals surface area contributed by atoms with Crippen LogP contribution in [0.25, 0.3) is 0 Å². The topological polar surface area (TPSA) is 49.4 Å². The van der Waals surface area contributed by atoms with Crippen molar-refractivity contribution in [3.8, 4) is 0 Å². The van der Waals surface area contributed by atoms with Crippen molar-refractivity contribution in [3.63, 3.8) is 0 Å². The quantitative estimate of drug-likeness (QED) is 0.847. The highest BCUT2D eigenvalue weighted by Crippen LogP contribution is 2.39. The predicted molar refractivity (Wildman–Crippen MR) is 97.9 cm³/mol. The molecule has 0 bridgehead atoms. The molecule has 25 heavy (non-hydrogen) atoms. The van der Waals surface area contributed by atoms with E-state index in [0.717, 1.165) is 57.0 Å². The van der Waals surface area contributed by atoms with Gasteiger partial charge in [0.2, 0.25) is 11.8 Å². The number of fused-ring (bicyclic) bond motifs is 1. The Labute approximate surface area is 152 Å². The van der Waals surface area contributed by atoms with E-state index in [1.807, 2.05) is 0 Å². The van der Waals surface area contributed by atoms with Crippen LogP contribution in [0, 0.1) is 23.7 Å². The van der Waals surface area contributed by atoms with E-state index in [1.54, 1.807) is 0 Å². The zero-order chi connectivity index (χ0) is 17.2. The Morgan fingerprint density at radius 3 is 2.08 bits per heavy atom. The Morgan fingerprint density at radius 1 is 0.800 bits per heavy atom. The van der Waals surface area contributed by atoms with E-state index in [2.05, 4.69) is 10.2 Å². The number of nitrogens with zero attached hydrogens (tertiary/aromatic N) is 1. The van der Waals surface area contributed by atoms with Crippen molar-refractivity contribution >= 4 is 11.8 Å². The van der Waals surface area contributed by atoms with E-state index < -0.39 is 0 Å². The van der Waals surface area contributed by atoms with E-state index >= 15 is 0 Å². The number of carbonyl (C=O) groups is 2. The average molecular weight is 347 g/mol. The van der Waals surface area contributed by atoms with E-state index in [9.17, 15) is 9.59 Å². The fourth-order valence-corrected chi connectivity index (χ4v) is 5.92. The molecule has 4 rings (SSSR count). The second-order valence-corrected chi connectivity index (χ2v) is 9.16. The molecule has 0 aromatic heterocycles. The summed E-state index contributed by atoms with van der Waals surface area (Å²) < 4.78 is 0. The number of nitrogens with one attached hydrogen (secondary N) is 1. The molecule has 4 aliphatic rings. The molecule has 0 aromatic carbocycles. The summed E-state index contributed by atoms with van der Waals surface area (Å²) in [5, 5.41) is 3.24. The Bertz CT molecular complexity index is 480. The van der Waals surface area contributed by atoms with Crippen molar-refractivity contribution in [2.45, 2.75) is 83.1 Å². The molecule has 1 saturated heterocycles. The van der Waals surface area contributed by atoms with Crippen LogP contribution < -0.4 is 5.32 Å². The normalized spacial score (nSPS) is 35.8. The van der Waals surface area contributed by atoms with Crippen LogP contribution in [0.5, 0.6) is 0 Å². The Balaban J connectivity index is 1.19. The number of amides is 2. The molecule has 3 saturated carbocycles. The van der Waals surface area contributed by atoms with Crippen LogP contribution in [0.3, 0.4) is 0 Å². The number of likely N-dealkylation sites (tertiary alicyclic amines) is 1. The van der Waals surface area contributed by atoms with Gasteiger partial charge < -0.3 is 10.2 Å². The molecular formula is C21H34N2O2. The smallest absolute Gasteiger partial charge is 0.225 e. The molecule has 1 heterocycles. The van der Waals surface area contributed by atoms with Crippen LogP contribution in [-0.2, 0) is 9.59 Å². The first-order valence-corrected chi connectivity index (χ1v) is 10.8. The molecule has 3 aliphatic carbocycles. The van der Waals surface area contributed by atoms with Gasteiger partial charge in [0.1, 0.15) is 0 Å². The molecule has 0 unspecified atom stereocenters. The molecule has 2 amide bonds. The summed E-state index contributed by atoms with van der Waals surface area (Å²) in [6, 6.07) is 0.302. The Kier molecular flexibility index (Phi) is 5.33. The third-order valence-corrected chi connectivity index (χ3v) is 7.43. The van der Waals surface area contributed by atoms with Gasteiger partial charge >= 0.3 is 0 Å². The lowest BCUT2D eigenvalue weighted by Crippen LogP contribution is -2.42. The van der Waals surface area contributed by atoms with Crippen LogP contribution in [-0.4, -0.2) is 35.8 Å². The second kappa shape index (κ2) is 7.67. The minimum Gasteiger partial charge on any atom is -0.353 e. The van der Waals surface area contributed by atoms with E-state index in [-0.39, 0.29) is 11.8 Å². The van der Waals surface area contributed by atoms with Gasteiger partial charge in [-0.2, -0.15) is 0 Å². The summed E-state index contributed by atoms with van der Waals surface area (Å²) in [6.07, 6.45) is 13.7. The maximum absolute atomic E-state index is 12.8. The standard InChI is InChI=1S/C21H34N2O2/c24-20(12-15-4-1-2-5-15)22-19-10-8-16(9-11-19)21(25)23-13-17-6-3-7-18(17)14-23/h15-19H,1-14H2,(H,22,24)/t16?,17-,18-,19?/m1/s1. The zero-order valence-corrected chi connectivity index (χ0v) is 15.5. The van der Waals surface area contributed by atoms with Gasteiger partial charge in [0.15, 0.2) is 0 Å². The SMILES string of the molecule is O=C(CC1CCCC1)NC1CCC(C(=O)N2C[C@H]3CCC[C@@H]3C2)CC1. The highest BCUT2D eigenvalue weighted by molar-refractivity contribution is 5.79. The van der Waals surface area contributed by atoms with Crippen molar-refractivity contribution < 1.29 is 9.59 Å². The molecule has 1 aliphatic heterocycles. The first-order valence-electron chi connectivity index (χ1n) is 10.8. The summed E-state index contributed by atoms with van der Waals surface area (Å²) in [5.74, 6) is 3.05.